The number of hydrogen-bond donors (Lipinski definition) is 0. The molecule has 0 amide bonds. The molecule has 5 heteroatoms. The highest BCUT2D eigenvalue weighted by Gasteiger charge is 2.49. The van der Waals surface area contributed by atoms with Gasteiger partial charge >= 0.3 is 6.85 Å². The molecule has 4 aliphatic rings. The molecule has 4 nitrogen and oxygen atoms in total. The molecule has 14 rings (SSSR count). The van der Waals surface area contributed by atoms with E-state index in [0.717, 1.165) is 58.1 Å². The van der Waals surface area contributed by atoms with Crippen molar-refractivity contribution < 1.29 is 8.83 Å². The summed E-state index contributed by atoms with van der Waals surface area (Å²) in [5.41, 5.74) is 19.5. The summed E-state index contributed by atoms with van der Waals surface area (Å²) in [6, 6.07) is 43.9. The second kappa shape index (κ2) is 11.5. The third kappa shape index (κ3) is 4.53. The Morgan fingerprint density at radius 3 is 1.89 bits per heavy atom. The van der Waals surface area contributed by atoms with E-state index in [1.54, 1.807) is 0 Å². The third-order valence-corrected chi connectivity index (χ3v) is 16.6. The van der Waals surface area contributed by atoms with E-state index in [1.807, 2.05) is 0 Å². The quantitative estimate of drug-likeness (QED) is 0.155. The van der Waals surface area contributed by atoms with E-state index in [4.69, 9.17) is 8.83 Å². The second-order valence-corrected chi connectivity index (χ2v) is 22.2. The lowest BCUT2D eigenvalue weighted by Crippen LogP contribution is -2.56. The second-order valence-electron chi connectivity index (χ2n) is 22.2. The van der Waals surface area contributed by atoms with Gasteiger partial charge in [-0.1, -0.05) is 122 Å². The molecule has 0 fully saturated rings. The lowest BCUT2D eigenvalue weighted by molar-refractivity contribution is 0.332. The van der Waals surface area contributed by atoms with E-state index in [0.29, 0.717) is 0 Å². The first-order chi connectivity index (χ1) is 30.2. The average molecular weight is 819 g/mol. The predicted octanol–water partition coefficient (Wildman–Crippen LogP) is 14.7. The molecule has 0 spiro atoms. The van der Waals surface area contributed by atoms with Crippen LogP contribution in [0.2, 0.25) is 0 Å². The van der Waals surface area contributed by atoms with Crippen molar-refractivity contribution in [1.82, 2.24) is 4.48 Å². The van der Waals surface area contributed by atoms with Gasteiger partial charge < -0.3 is 18.2 Å². The molecule has 0 N–H and O–H groups in total. The van der Waals surface area contributed by atoms with Gasteiger partial charge in [0.2, 0.25) is 0 Å². The van der Waals surface area contributed by atoms with Gasteiger partial charge in [0.05, 0.1) is 16.8 Å². The van der Waals surface area contributed by atoms with Crippen molar-refractivity contribution in [3.05, 3.63) is 138 Å². The summed E-state index contributed by atoms with van der Waals surface area (Å²) >= 11 is 0. The van der Waals surface area contributed by atoms with E-state index in [2.05, 4.69) is 180 Å². The molecule has 0 bridgehead atoms. The number of rotatable bonds is 1. The van der Waals surface area contributed by atoms with Crippen LogP contribution in [0.4, 0.5) is 17.1 Å². The van der Waals surface area contributed by atoms with Crippen LogP contribution in [0.3, 0.4) is 0 Å². The first-order valence-electron chi connectivity index (χ1n) is 23.2. The number of anilines is 3. The first-order valence-corrected chi connectivity index (χ1v) is 23.2. The van der Waals surface area contributed by atoms with E-state index >= 15 is 0 Å². The van der Waals surface area contributed by atoms with Crippen LogP contribution in [-0.2, 0) is 21.7 Å². The molecule has 63 heavy (non-hydrogen) atoms. The third-order valence-electron chi connectivity index (χ3n) is 16.6. The Morgan fingerprint density at radius 2 is 1.13 bits per heavy atom. The van der Waals surface area contributed by atoms with Gasteiger partial charge in [-0.05, 0) is 140 Å². The molecule has 0 saturated heterocycles. The standard InChI is InChI=1S/C58H51BN2O2/c1-55(2)22-23-56(3,4)42-28-34(20-21-41(42)55)60-52-40-29-43-44(58(7,8)25-24-57(43,5)6)31-47(40)63-54(52)59-50-39(30-48-49(53(50)60)37-16-11-12-19-46(37)62-48)36-18-13-17-35-38-26-32-14-9-10-15-33(32)27-45(38)61(59)51(35)36/h9-21,26-31H,22-25H2,1-8H3. The van der Waals surface area contributed by atoms with E-state index < -0.39 is 0 Å². The minimum atomic E-state index is -0.228. The number of benzene rings is 7. The van der Waals surface area contributed by atoms with Gasteiger partial charge in [0.25, 0.3) is 0 Å². The summed E-state index contributed by atoms with van der Waals surface area (Å²) in [4.78, 5) is 2.62. The zero-order chi connectivity index (χ0) is 42.7. The summed E-state index contributed by atoms with van der Waals surface area (Å²) in [7, 11) is 0. The number of furan rings is 2. The van der Waals surface area contributed by atoms with Crippen molar-refractivity contribution in [2.75, 3.05) is 4.90 Å². The number of hydrogen-bond acceptors (Lipinski definition) is 3. The lowest BCUT2D eigenvalue weighted by atomic mass is 9.47. The van der Waals surface area contributed by atoms with E-state index in [1.165, 1.54) is 94.6 Å². The van der Waals surface area contributed by atoms with Crippen molar-refractivity contribution >= 4 is 101 Å². The van der Waals surface area contributed by atoms with Crippen molar-refractivity contribution in [1.29, 1.82) is 0 Å². The molecule has 10 aromatic rings. The Labute approximate surface area is 368 Å². The van der Waals surface area contributed by atoms with E-state index in [9.17, 15) is 0 Å². The van der Waals surface area contributed by atoms with Crippen LogP contribution in [0.25, 0.3) is 76.6 Å². The van der Waals surface area contributed by atoms with E-state index in [-0.39, 0.29) is 28.5 Å². The summed E-state index contributed by atoms with van der Waals surface area (Å²) in [5.74, 6) is 0. The summed E-state index contributed by atoms with van der Waals surface area (Å²) in [6.07, 6.45) is 4.61. The minimum absolute atomic E-state index is 0.0247. The topological polar surface area (TPSA) is 34.5 Å². The fourth-order valence-electron chi connectivity index (χ4n) is 12.9. The van der Waals surface area contributed by atoms with Crippen LogP contribution in [0.1, 0.15) is 103 Å². The zero-order valence-corrected chi connectivity index (χ0v) is 37.6. The Morgan fingerprint density at radius 1 is 0.476 bits per heavy atom. The van der Waals surface area contributed by atoms with Crippen molar-refractivity contribution in [3.63, 3.8) is 0 Å². The van der Waals surface area contributed by atoms with Gasteiger partial charge in [0.1, 0.15) is 22.4 Å². The molecular formula is C58H51BN2O2. The Hall–Kier alpha value is -6.20. The molecule has 0 radical (unpaired) electrons. The van der Waals surface area contributed by atoms with Crippen molar-refractivity contribution in [2.45, 2.75) is 103 Å². The van der Waals surface area contributed by atoms with Gasteiger partial charge in [0.15, 0.2) is 0 Å². The number of aromatic nitrogens is 1. The Kier molecular flexibility index (Phi) is 6.62. The smallest absolute Gasteiger partial charge is 0.376 e. The Balaban J connectivity index is 1.20. The van der Waals surface area contributed by atoms with Crippen LogP contribution in [-0.4, -0.2) is 11.3 Å². The maximum Gasteiger partial charge on any atom is 0.376 e. The lowest BCUT2D eigenvalue weighted by Gasteiger charge is -2.43. The molecular weight excluding hydrogens is 767 g/mol. The maximum atomic E-state index is 7.65. The largest absolute Gasteiger partial charge is 0.466 e. The normalized spacial score (nSPS) is 18.7. The highest BCUT2D eigenvalue weighted by atomic mass is 16.3. The summed E-state index contributed by atoms with van der Waals surface area (Å²) in [5, 5.41) is 8.51. The van der Waals surface area contributed by atoms with Crippen LogP contribution >= 0.6 is 0 Å². The van der Waals surface area contributed by atoms with Crippen LogP contribution in [0, 0.1) is 0 Å². The number of nitrogens with zero attached hydrogens (tertiary/aromatic N) is 2. The van der Waals surface area contributed by atoms with Gasteiger partial charge in [-0.25, -0.2) is 0 Å². The molecule has 0 unspecified atom stereocenters. The number of para-hydroxylation sites is 2. The fraction of sp³-hybridized carbons (Fsp3) is 0.276. The van der Waals surface area contributed by atoms with Crippen LogP contribution < -0.4 is 16.0 Å². The molecule has 5 heterocycles. The SMILES string of the molecule is CC1(C)CCC(C)(C)c2cc(N3c4c(oc5cc6c(cc45)C(C)(C)CCC6(C)C)B4c5c(cc6oc7ccccc7c6c53)-c3cccc5c6cc7ccccc7cc6n4c35)ccc21. The minimum Gasteiger partial charge on any atom is -0.466 e. The maximum absolute atomic E-state index is 7.65. The molecule has 2 aliphatic carbocycles. The van der Waals surface area contributed by atoms with Gasteiger partial charge in [0, 0.05) is 43.8 Å². The first kappa shape index (κ1) is 36.3. The number of fused-ring (bicyclic) bond motifs is 16. The van der Waals surface area contributed by atoms with Gasteiger partial charge in [-0.3, -0.25) is 0 Å². The summed E-state index contributed by atoms with van der Waals surface area (Å²) < 4.78 is 17.3. The molecule has 7 aromatic carbocycles. The highest BCUT2D eigenvalue weighted by molar-refractivity contribution is 6.90. The molecule has 308 valence electrons. The molecule has 3 aromatic heterocycles. The van der Waals surface area contributed by atoms with Crippen molar-refractivity contribution in [3.8, 4) is 11.1 Å². The fourth-order valence-corrected chi connectivity index (χ4v) is 12.9. The van der Waals surface area contributed by atoms with Crippen LogP contribution in [0.5, 0.6) is 0 Å². The van der Waals surface area contributed by atoms with Crippen LogP contribution in [0.15, 0.2) is 124 Å². The molecule has 2 aliphatic heterocycles. The van der Waals surface area contributed by atoms with Crippen molar-refractivity contribution in [2.24, 2.45) is 0 Å². The van der Waals surface area contributed by atoms with Gasteiger partial charge in [-0.15, -0.1) is 0 Å². The highest BCUT2D eigenvalue weighted by Crippen LogP contribution is 2.55. The summed E-state index contributed by atoms with van der Waals surface area (Å²) in [6.45, 7) is 19.3. The van der Waals surface area contributed by atoms with Gasteiger partial charge in [-0.2, -0.15) is 0 Å². The Bertz CT molecular complexity index is 3720. The average Bonchev–Trinajstić information content (AvgIpc) is 3.94. The molecule has 0 atom stereocenters. The monoisotopic (exact) mass is 818 g/mol. The zero-order valence-electron chi connectivity index (χ0n) is 37.6. The predicted molar refractivity (Wildman–Crippen MR) is 265 cm³/mol. The molecule has 0 saturated carbocycles.